The summed E-state index contributed by atoms with van der Waals surface area (Å²) in [7, 11) is 0. The molecule has 0 amide bonds. The molecule has 0 N–H and O–H groups in total. The molecule has 2 aromatic heterocycles. The summed E-state index contributed by atoms with van der Waals surface area (Å²) in [4.78, 5) is 23.8. The minimum absolute atomic E-state index is 0.144. The van der Waals surface area contributed by atoms with Crippen molar-refractivity contribution < 1.29 is 14.2 Å². The molecule has 3 aliphatic rings. The molecule has 1 atom stereocenters. The van der Waals surface area contributed by atoms with Gasteiger partial charge >= 0.3 is 5.69 Å². The first-order valence-corrected chi connectivity index (χ1v) is 12.0. The molecule has 0 radical (unpaired) electrons. The molecule has 3 aliphatic heterocycles. The highest BCUT2D eigenvalue weighted by Gasteiger charge is 2.21. The molecular formula is C26H28N4O4. The lowest BCUT2D eigenvalue weighted by molar-refractivity contribution is -0.102. The molecule has 1 aromatic carbocycles. The molecule has 2 saturated heterocycles. The maximum absolute atomic E-state index is 12.7. The average molecular weight is 461 g/mol. The second-order valence-corrected chi connectivity index (χ2v) is 9.01. The van der Waals surface area contributed by atoms with Crippen LogP contribution in [0, 0.1) is 0 Å². The molecule has 1 unspecified atom stereocenters. The van der Waals surface area contributed by atoms with Gasteiger partial charge in [0.25, 0.3) is 0 Å². The minimum Gasteiger partial charge on any atom is -0.475 e. The molecule has 8 heteroatoms. The van der Waals surface area contributed by atoms with E-state index in [-0.39, 0.29) is 11.8 Å². The molecule has 0 aliphatic carbocycles. The molecule has 6 rings (SSSR count). The number of nitrogens with zero attached hydrogens (tertiary/aromatic N) is 4. The summed E-state index contributed by atoms with van der Waals surface area (Å²) in [6, 6.07) is 12.5. The van der Waals surface area contributed by atoms with Crippen LogP contribution in [-0.2, 0) is 22.4 Å². The van der Waals surface area contributed by atoms with Gasteiger partial charge in [0.15, 0.2) is 0 Å². The van der Waals surface area contributed by atoms with Gasteiger partial charge in [-0.1, -0.05) is 18.2 Å². The molecule has 0 bridgehead atoms. The van der Waals surface area contributed by atoms with Gasteiger partial charge in [-0.3, -0.25) is 4.57 Å². The number of hydrogen-bond donors (Lipinski definition) is 0. The molecule has 5 heterocycles. The Bertz CT molecular complexity index is 1230. The summed E-state index contributed by atoms with van der Waals surface area (Å²) >= 11 is 0. The van der Waals surface area contributed by atoms with E-state index >= 15 is 0 Å². The molecule has 3 aromatic rings. The monoisotopic (exact) mass is 460 g/mol. The lowest BCUT2D eigenvalue weighted by atomic mass is 9.94. The van der Waals surface area contributed by atoms with Gasteiger partial charge in [-0.05, 0) is 42.5 Å². The number of hydrogen-bond acceptors (Lipinski definition) is 7. The predicted molar refractivity (Wildman–Crippen MR) is 128 cm³/mol. The summed E-state index contributed by atoms with van der Waals surface area (Å²) in [5.41, 5.74) is 5.04. The fraction of sp³-hybridized carbons (Fsp3) is 0.423. The Hall–Kier alpha value is -3.23. The molecule has 34 heavy (non-hydrogen) atoms. The number of anilines is 1. The summed E-state index contributed by atoms with van der Waals surface area (Å²) in [5, 5.41) is 0. The quantitative estimate of drug-likeness (QED) is 0.579. The van der Waals surface area contributed by atoms with E-state index in [9.17, 15) is 4.79 Å². The van der Waals surface area contributed by atoms with E-state index in [4.69, 9.17) is 19.2 Å². The fourth-order valence-corrected chi connectivity index (χ4v) is 4.96. The Morgan fingerprint density at radius 2 is 1.91 bits per heavy atom. The second-order valence-electron chi connectivity index (χ2n) is 9.01. The number of pyridine rings is 1. The van der Waals surface area contributed by atoms with Crippen LogP contribution in [-0.4, -0.2) is 60.2 Å². The average Bonchev–Trinajstić information content (AvgIpc) is 3.43. The van der Waals surface area contributed by atoms with Gasteiger partial charge < -0.3 is 19.1 Å². The second kappa shape index (κ2) is 9.19. The van der Waals surface area contributed by atoms with Crippen molar-refractivity contribution in [2.24, 2.45) is 0 Å². The smallest absolute Gasteiger partial charge is 0.351 e. The van der Waals surface area contributed by atoms with Gasteiger partial charge in [0, 0.05) is 43.0 Å². The van der Waals surface area contributed by atoms with Crippen LogP contribution in [0.5, 0.6) is 5.88 Å². The number of aromatic nitrogens is 3. The third-order valence-electron chi connectivity index (χ3n) is 6.79. The number of fused-ring (bicyclic) bond motifs is 3. The molecule has 2 fully saturated rings. The fourth-order valence-electron chi connectivity index (χ4n) is 4.96. The summed E-state index contributed by atoms with van der Waals surface area (Å²) in [6.45, 7) is 4.74. The van der Waals surface area contributed by atoms with Crippen LogP contribution in [0.3, 0.4) is 0 Å². The van der Waals surface area contributed by atoms with Crippen molar-refractivity contribution in [1.82, 2.24) is 14.5 Å². The highest BCUT2D eigenvalue weighted by atomic mass is 16.6. The minimum atomic E-state index is -0.287. The van der Waals surface area contributed by atoms with Gasteiger partial charge in [-0.15, -0.1) is 0 Å². The lowest BCUT2D eigenvalue weighted by Crippen LogP contribution is -2.34. The highest BCUT2D eigenvalue weighted by Crippen LogP contribution is 2.33. The van der Waals surface area contributed by atoms with Gasteiger partial charge in [0.2, 0.25) is 5.88 Å². The SMILES string of the molecule is O=c1nc(OCC2COCCO2)cc2n1CCc1cc(-c3ccc(N4CCCC4)nc3)ccc1-2. The van der Waals surface area contributed by atoms with Crippen LogP contribution in [0.2, 0.25) is 0 Å². The molecule has 176 valence electrons. The third kappa shape index (κ3) is 4.19. The van der Waals surface area contributed by atoms with E-state index in [0.717, 1.165) is 47.7 Å². The Labute approximate surface area is 198 Å². The van der Waals surface area contributed by atoms with E-state index in [2.05, 4.69) is 40.2 Å². The van der Waals surface area contributed by atoms with Crippen molar-refractivity contribution in [2.75, 3.05) is 44.4 Å². The van der Waals surface area contributed by atoms with E-state index in [1.807, 2.05) is 12.3 Å². The summed E-state index contributed by atoms with van der Waals surface area (Å²) in [5.74, 6) is 1.38. The first-order valence-electron chi connectivity index (χ1n) is 12.0. The molecule has 0 saturated carbocycles. The Kier molecular flexibility index (Phi) is 5.76. The maximum Gasteiger partial charge on any atom is 0.351 e. The van der Waals surface area contributed by atoms with Crippen LogP contribution in [0.15, 0.2) is 47.4 Å². The van der Waals surface area contributed by atoms with E-state index in [1.54, 1.807) is 4.57 Å². The standard InChI is InChI=1S/C26H28N4O4/c31-26-28-25(34-17-21-16-32-11-12-33-21)14-23-22-5-3-18(13-19(22)7-10-30(23)26)20-4-6-24(27-15-20)29-8-1-2-9-29/h3-6,13-15,21H,1-2,7-12,16-17H2. The Morgan fingerprint density at radius 3 is 2.71 bits per heavy atom. The van der Waals surface area contributed by atoms with Crippen molar-refractivity contribution in [3.05, 3.63) is 58.6 Å². The summed E-state index contributed by atoms with van der Waals surface area (Å²) < 4.78 is 18.6. The zero-order valence-corrected chi connectivity index (χ0v) is 19.1. The van der Waals surface area contributed by atoms with Gasteiger partial charge in [-0.2, -0.15) is 4.98 Å². The third-order valence-corrected chi connectivity index (χ3v) is 6.79. The number of ether oxygens (including phenoxy) is 3. The number of aryl methyl sites for hydroxylation is 1. The summed E-state index contributed by atoms with van der Waals surface area (Å²) in [6.07, 6.45) is 5.08. The highest BCUT2D eigenvalue weighted by molar-refractivity contribution is 5.73. The predicted octanol–water partition coefficient (Wildman–Crippen LogP) is 2.92. The molecule has 0 spiro atoms. The van der Waals surface area contributed by atoms with Gasteiger partial charge in [0.1, 0.15) is 18.5 Å². The number of rotatable bonds is 5. The number of benzene rings is 1. The zero-order valence-electron chi connectivity index (χ0n) is 19.1. The topological polar surface area (TPSA) is 78.7 Å². The first kappa shape index (κ1) is 21.3. The van der Waals surface area contributed by atoms with Crippen molar-refractivity contribution in [3.63, 3.8) is 0 Å². The van der Waals surface area contributed by atoms with Crippen LogP contribution < -0.4 is 15.3 Å². The first-order chi connectivity index (χ1) is 16.7. The van der Waals surface area contributed by atoms with Crippen molar-refractivity contribution in [3.8, 4) is 28.3 Å². The van der Waals surface area contributed by atoms with E-state index in [1.165, 1.54) is 18.4 Å². The molecule has 8 nitrogen and oxygen atoms in total. The van der Waals surface area contributed by atoms with E-state index < -0.39 is 0 Å². The van der Waals surface area contributed by atoms with Crippen LogP contribution in [0.1, 0.15) is 18.4 Å². The molecular weight excluding hydrogens is 432 g/mol. The lowest BCUT2D eigenvalue weighted by Gasteiger charge is -2.24. The van der Waals surface area contributed by atoms with Crippen molar-refractivity contribution in [2.45, 2.75) is 31.9 Å². The van der Waals surface area contributed by atoms with Crippen LogP contribution in [0.25, 0.3) is 22.4 Å². The Balaban J connectivity index is 1.25. The van der Waals surface area contributed by atoms with E-state index in [0.29, 0.717) is 38.9 Å². The van der Waals surface area contributed by atoms with Gasteiger partial charge in [-0.25, -0.2) is 9.78 Å². The Morgan fingerprint density at radius 1 is 1.03 bits per heavy atom. The van der Waals surface area contributed by atoms with Crippen LogP contribution >= 0.6 is 0 Å². The van der Waals surface area contributed by atoms with Crippen molar-refractivity contribution in [1.29, 1.82) is 0 Å². The van der Waals surface area contributed by atoms with Crippen LogP contribution in [0.4, 0.5) is 5.82 Å². The largest absolute Gasteiger partial charge is 0.475 e. The zero-order chi connectivity index (χ0) is 22.9. The maximum atomic E-state index is 12.7. The van der Waals surface area contributed by atoms with Gasteiger partial charge in [0.05, 0.1) is 25.5 Å². The van der Waals surface area contributed by atoms with Crippen molar-refractivity contribution >= 4 is 5.82 Å². The normalized spacial score (nSPS) is 19.5.